The molecule has 2 N–H and O–H groups in total. The van der Waals surface area contributed by atoms with E-state index in [1.165, 1.54) is 18.9 Å². The molecule has 1 rings (SSSR count). The summed E-state index contributed by atoms with van der Waals surface area (Å²) < 4.78 is 6.42. The molecule has 0 aromatic carbocycles. The maximum Gasteiger partial charge on any atom is 0.318 e. The van der Waals surface area contributed by atoms with E-state index >= 15 is 0 Å². The van der Waals surface area contributed by atoms with Crippen LogP contribution >= 0.6 is 11.8 Å². The molecule has 0 aliphatic rings. The molecule has 0 amide bonds. The summed E-state index contributed by atoms with van der Waals surface area (Å²) >= 11 is 1.29. The molecule has 0 saturated carbocycles. The van der Waals surface area contributed by atoms with Gasteiger partial charge < -0.3 is 10.5 Å². The third-order valence-electron chi connectivity index (χ3n) is 2.02. The van der Waals surface area contributed by atoms with Crippen LogP contribution in [0.15, 0.2) is 5.16 Å². The Morgan fingerprint density at radius 3 is 2.56 bits per heavy atom. The smallest absolute Gasteiger partial charge is 0.318 e. The van der Waals surface area contributed by atoms with Crippen LogP contribution in [0.1, 0.15) is 26.8 Å². The first-order valence-electron chi connectivity index (χ1n) is 4.92. The number of hydrogen-bond donors (Lipinski definition) is 1. The summed E-state index contributed by atoms with van der Waals surface area (Å²) in [5, 5.41) is 8.03. The van der Waals surface area contributed by atoms with Crippen LogP contribution in [0, 0.1) is 0 Å². The second-order valence-corrected chi connectivity index (χ2v) is 4.90. The van der Waals surface area contributed by atoms with E-state index in [0.717, 1.165) is 0 Å². The fraction of sp³-hybridized carbons (Fsp3) is 0.667. The largest absolute Gasteiger partial charge is 0.468 e. The van der Waals surface area contributed by atoms with Crippen molar-refractivity contribution in [3.63, 3.8) is 0 Å². The van der Waals surface area contributed by atoms with Crippen molar-refractivity contribution in [1.29, 1.82) is 0 Å². The molecule has 1 atom stereocenters. The SMILES string of the molecule is COC(=O)C(C)Sc1nnc(N)n1C(C)C. The van der Waals surface area contributed by atoms with Crippen LogP contribution in [0.5, 0.6) is 0 Å². The third-order valence-corrected chi connectivity index (χ3v) is 3.06. The van der Waals surface area contributed by atoms with E-state index in [0.29, 0.717) is 11.1 Å². The average molecular weight is 244 g/mol. The van der Waals surface area contributed by atoms with Gasteiger partial charge in [-0.05, 0) is 20.8 Å². The number of carbonyl (C=O) groups excluding carboxylic acids is 1. The minimum Gasteiger partial charge on any atom is -0.468 e. The molecular formula is C9H16N4O2S. The van der Waals surface area contributed by atoms with Gasteiger partial charge in [-0.3, -0.25) is 9.36 Å². The first-order chi connectivity index (χ1) is 7.47. The predicted molar refractivity (Wildman–Crippen MR) is 62.2 cm³/mol. The lowest BCUT2D eigenvalue weighted by atomic mass is 10.4. The Morgan fingerprint density at radius 1 is 1.44 bits per heavy atom. The minimum atomic E-state index is -0.328. The van der Waals surface area contributed by atoms with Gasteiger partial charge in [-0.2, -0.15) is 0 Å². The Kier molecular flexibility index (Phi) is 4.17. The Morgan fingerprint density at radius 2 is 2.06 bits per heavy atom. The van der Waals surface area contributed by atoms with Crippen LogP contribution in [-0.4, -0.2) is 33.1 Å². The summed E-state index contributed by atoms with van der Waals surface area (Å²) in [5.41, 5.74) is 5.69. The molecule has 0 spiro atoms. The Hall–Kier alpha value is -1.24. The van der Waals surface area contributed by atoms with E-state index in [4.69, 9.17) is 5.73 Å². The topological polar surface area (TPSA) is 83.0 Å². The van der Waals surface area contributed by atoms with Crippen molar-refractivity contribution in [1.82, 2.24) is 14.8 Å². The van der Waals surface area contributed by atoms with Crippen molar-refractivity contribution in [3.05, 3.63) is 0 Å². The van der Waals surface area contributed by atoms with E-state index in [9.17, 15) is 4.79 Å². The second kappa shape index (κ2) is 5.20. The van der Waals surface area contributed by atoms with Gasteiger partial charge in [0.15, 0.2) is 5.16 Å². The Balaban J connectivity index is 2.85. The normalized spacial score (nSPS) is 12.8. The number of thioether (sulfide) groups is 1. The van der Waals surface area contributed by atoms with Crippen molar-refractivity contribution < 1.29 is 9.53 Å². The number of hydrogen-bond acceptors (Lipinski definition) is 6. The van der Waals surface area contributed by atoms with Crippen LogP contribution in [0.3, 0.4) is 0 Å². The number of aromatic nitrogens is 3. The predicted octanol–water partition coefficient (Wildman–Crippen LogP) is 1.09. The quantitative estimate of drug-likeness (QED) is 0.630. The number of ether oxygens (including phenoxy) is 1. The van der Waals surface area contributed by atoms with Gasteiger partial charge in [0.25, 0.3) is 0 Å². The van der Waals surface area contributed by atoms with Crippen molar-refractivity contribution >= 4 is 23.7 Å². The van der Waals surface area contributed by atoms with E-state index < -0.39 is 0 Å². The molecule has 0 aliphatic carbocycles. The van der Waals surface area contributed by atoms with Crippen molar-refractivity contribution in [2.75, 3.05) is 12.8 Å². The zero-order valence-corrected chi connectivity index (χ0v) is 10.6. The monoisotopic (exact) mass is 244 g/mol. The molecule has 0 fully saturated rings. The molecule has 1 aromatic rings. The zero-order chi connectivity index (χ0) is 12.3. The molecule has 90 valence electrons. The van der Waals surface area contributed by atoms with Crippen molar-refractivity contribution in [3.8, 4) is 0 Å². The summed E-state index contributed by atoms with van der Waals surface area (Å²) in [6.45, 7) is 5.71. The summed E-state index contributed by atoms with van der Waals surface area (Å²) in [7, 11) is 1.36. The molecule has 1 heterocycles. The van der Waals surface area contributed by atoms with Gasteiger partial charge >= 0.3 is 5.97 Å². The van der Waals surface area contributed by atoms with Crippen LogP contribution in [0.2, 0.25) is 0 Å². The lowest BCUT2D eigenvalue weighted by molar-refractivity contribution is -0.139. The maximum atomic E-state index is 11.3. The summed E-state index contributed by atoms with van der Waals surface area (Å²) in [5.74, 6) is 0.0662. The number of nitrogens with zero attached hydrogens (tertiary/aromatic N) is 3. The molecule has 0 aliphatic heterocycles. The average Bonchev–Trinajstić information content (AvgIpc) is 2.58. The van der Waals surface area contributed by atoms with E-state index in [-0.39, 0.29) is 17.3 Å². The molecular weight excluding hydrogens is 228 g/mol. The Labute approximate surface area is 98.6 Å². The number of methoxy groups -OCH3 is 1. The highest BCUT2D eigenvalue weighted by molar-refractivity contribution is 8.00. The molecule has 0 radical (unpaired) electrons. The summed E-state index contributed by atoms with van der Waals surface area (Å²) in [6.07, 6.45) is 0. The number of carbonyl (C=O) groups is 1. The first-order valence-corrected chi connectivity index (χ1v) is 5.80. The molecule has 0 saturated heterocycles. The first kappa shape index (κ1) is 12.8. The van der Waals surface area contributed by atoms with Crippen LogP contribution in [0.25, 0.3) is 0 Å². The van der Waals surface area contributed by atoms with Gasteiger partial charge in [0.05, 0.1) is 7.11 Å². The van der Waals surface area contributed by atoms with Gasteiger partial charge in [0.2, 0.25) is 5.95 Å². The lowest BCUT2D eigenvalue weighted by Crippen LogP contribution is -2.16. The number of nitrogens with two attached hydrogens (primary N) is 1. The van der Waals surface area contributed by atoms with Gasteiger partial charge in [0.1, 0.15) is 5.25 Å². The summed E-state index contributed by atoms with van der Waals surface area (Å²) in [6, 6.07) is 0.155. The second-order valence-electron chi connectivity index (χ2n) is 3.59. The lowest BCUT2D eigenvalue weighted by Gasteiger charge is -2.13. The highest BCUT2D eigenvalue weighted by Crippen LogP contribution is 2.26. The maximum absolute atomic E-state index is 11.3. The Bertz CT molecular complexity index is 378. The number of nitrogen functional groups attached to an aromatic ring is 1. The van der Waals surface area contributed by atoms with Gasteiger partial charge in [-0.15, -0.1) is 10.2 Å². The van der Waals surface area contributed by atoms with E-state index in [1.807, 2.05) is 13.8 Å². The molecule has 0 bridgehead atoms. The molecule has 1 unspecified atom stereocenters. The van der Waals surface area contributed by atoms with Crippen molar-refractivity contribution in [2.45, 2.75) is 37.2 Å². The molecule has 7 heteroatoms. The number of rotatable bonds is 4. The van der Waals surface area contributed by atoms with Crippen molar-refractivity contribution in [2.24, 2.45) is 0 Å². The van der Waals surface area contributed by atoms with E-state index in [1.54, 1.807) is 11.5 Å². The van der Waals surface area contributed by atoms with Gasteiger partial charge in [0, 0.05) is 6.04 Å². The number of esters is 1. The highest BCUT2D eigenvalue weighted by Gasteiger charge is 2.20. The van der Waals surface area contributed by atoms with Crippen LogP contribution in [0.4, 0.5) is 5.95 Å². The van der Waals surface area contributed by atoms with Crippen LogP contribution in [-0.2, 0) is 9.53 Å². The third kappa shape index (κ3) is 2.66. The highest BCUT2D eigenvalue weighted by atomic mass is 32.2. The standard InChI is InChI=1S/C9H16N4O2S/c1-5(2)13-8(10)11-12-9(13)16-6(3)7(14)15-4/h5-6H,1-4H3,(H2,10,11). The fourth-order valence-electron chi connectivity index (χ4n) is 1.23. The van der Waals surface area contributed by atoms with Crippen LogP contribution < -0.4 is 5.73 Å². The van der Waals surface area contributed by atoms with Gasteiger partial charge in [-0.1, -0.05) is 11.8 Å². The fourth-order valence-corrected chi connectivity index (χ4v) is 2.24. The van der Waals surface area contributed by atoms with Gasteiger partial charge in [-0.25, -0.2) is 0 Å². The molecule has 1 aromatic heterocycles. The molecule has 16 heavy (non-hydrogen) atoms. The minimum absolute atomic E-state index is 0.155. The summed E-state index contributed by atoms with van der Waals surface area (Å²) in [4.78, 5) is 11.3. The molecule has 6 nitrogen and oxygen atoms in total. The zero-order valence-electron chi connectivity index (χ0n) is 9.80. The van der Waals surface area contributed by atoms with E-state index in [2.05, 4.69) is 14.9 Å². The number of anilines is 1.